The number of aryl methyl sites for hydroxylation is 1. The molecule has 2 aromatic carbocycles. The van der Waals surface area contributed by atoms with E-state index in [-0.39, 0.29) is 22.2 Å². The summed E-state index contributed by atoms with van der Waals surface area (Å²) in [7, 11) is -3.74. The topological polar surface area (TPSA) is 112 Å². The van der Waals surface area contributed by atoms with Gasteiger partial charge >= 0.3 is 0 Å². The second-order valence-electron chi connectivity index (χ2n) is 5.48. The lowest BCUT2D eigenvalue weighted by Crippen LogP contribution is -2.22. The van der Waals surface area contributed by atoms with Crippen LogP contribution in [0.25, 0.3) is 10.8 Å². The number of nitrogens with one attached hydrogen (secondary N) is 3. The molecule has 0 aliphatic heterocycles. The van der Waals surface area contributed by atoms with Crippen molar-refractivity contribution in [3.8, 4) is 0 Å². The fourth-order valence-electron chi connectivity index (χ4n) is 2.42. The first-order chi connectivity index (χ1) is 11.4. The summed E-state index contributed by atoms with van der Waals surface area (Å²) in [6.45, 7) is 1.91. The molecule has 0 radical (unpaired) electrons. The SMILES string of the molecule is Cc1ccc(CS(=O)(=O)Nc2cccc3c(=O)[nH][nH]c(=O)c23)cc1. The summed E-state index contributed by atoms with van der Waals surface area (Å²) >= 11 is 0. The van der Waals surface area contributed by atoms with Crippen molar-refractivity contribution in [3.05, 3.63) is 74.3 Å². The van der Waals surface area contributed by atoms with E-state index in [0.29, 0.717) is 5.56 Å². The highest BCUT2D eigenvalue weighted by atomic mass is 32.2. The molecule has 0 aliphatic rings. The van der Waals surface area contributed by atoms with Crippen LogP contribution in [0, 0.1) is 6.92 Å². The van der Waals surface area contributed by atoms with Gasteiger partial charge in [0.2, 0.25) is 10.0 Å². The molecule has 0 saturated heterocycles. The first-order valence-electron chi connectivity index (χ1n) is 7.15. The molecule has 0 saturated carbocycles. The van der Waals surface area contributed by atoms with Crippen molar-refractivity contribution in [2.45, 2.75) is 12.7 Å². The van der Waals surface area contributed by atoms with Crippen LogP contribution in [0.3, 0.4) is 0 Å². The van der Waals surface area contributed by atoms with Crippen LogP contribution < -0.4 is 15.8 Å². The van der Waals surface area contributed by atoms with Gasteiger partial charge in [0, 0.05) is 0 Å². The molecule has 0 fully saturated rings. The maximum Gasteiger partial charge on any atom is 0.272 e. The Balaban J connectivity index is 2.00. The van der Waals surface area contributed by atoms with Crippen molar-refractivity contribution in [1.29, 1.82) is 0 Å². The lowest BCUT2D eigenvalue weighted by atomic mass is 10.1. The quantitative estimate of drug-likeness (QED) is 0.664. The highest BCUT2D eigenvalue weighted by Gasteiger charge is 2.15. The van der Waals surface area contributed by atoms with Gasteiger partial charge < -0.3 is 0 Å². The second kappa shape index (κ2) is 5.97. The molecular formula is C16H15N3O4S. The molecule has 0 unspecified atom stereocenters. The second-order valence-corrected chi connectivity index (χ2v) is 7.21. The molecular weight excluding hydrogens is 330 g/mol. The van der Waals surface area contributed by atoms with E-state index in [0.717, 1.165) is 5.56 Å². The maximum atomic E-state index is 12.4. The zero-order valence-electron chi connectivity index (χ0n) is 12.8. The molecule has 0 spiro atoms. The van der Waals surface area contributed by atoms with Gasteiger partial charge in [-0.3, -0.25) is 24.5 Å². The van der Waals surface area contributed by atoms with Gasteiger partial charge in [0.15, 0.2) is 0 Å². The number of hydrogen-bond donors (Lipinski definition) is 3. The van der Waals surface area contributed by atoms with Crippen molar-refractivity contribution < 1.29 is 8.42 Å². The molecule has 1 heterocycles. The van der Waals surface area contributed by atoms with Gasteiger partial charge in [-0.05, 0) is 24.6 Å². The Bertz CT molecular complexity index is 1110. The molecule has 24 heavy (non-hydrogen) atoms. The third-order valence-electron chi connectivity index (χ3n) is 3.57. The minimum atomic E-state index is -3.74. The fourth-order valence-corrected chi connectivity index (χ4v) is 3.63. The van der Waals surface area contributed by atoms with Crippen molar-refractivity contribution >= 4 is 26.5 Å². The highest BCUT2D eigenvalue weighted by Crippen LogP contribution is 2.19. The molecule has 0 atom stereocenters. The van der Waals surface area contributed by atoms with E-state index in [4.69, 9.17) is 0 Å². The van der Waals surface area contributed by atoms with Crippen LogP contribution in [0.5, 0.6) is 0 Å². The summed E-state index contributed by atoms with van der Waals surface area (Å²) in [5.41, 5.74) is 0.665. The van der Waals surface area contributed by atoms with Crippen molar-refractivity contribution in [2.24, 2.45) is 0 Å². The Hall–Kier alpha value is -2.87. The summed E-state index contributed by atoms with van der Waals surface area (Å²) in [5, 5.41) is 4.53. The van der Waals surface area contributed by atoms with E-state index < -0.39 is 21.1 Å². The van der Waals surface area contributed by atoms with Crippen molar-refractivity contribution in [3.63, 3.8) is 0 Å². The Morgan fingerprint density at radius 1 is 0.958 bits per heavy atom. The van der Waals surface area contributed by atoms with Crippen LogP contribution in [0.15, 0.2) is 52.1 Å². The summed E-state index contributed by atoms with van der Waals surface area (Å²) in [6.07, 6.45) is 0. The first kappa shape index (κ1) is 16.0. The average molecular weight is 345 g/mol. The van der Waals surface area contributed by atoms with Crippen LogP contribution in [-0.2, 0) is 15.8 Å². The van der Waals surface area contributed by atoms with Gasteiger partial charge in [0.1, 0.15) is 0 Å². The minimum absolute atomic E-state index is 0.00808. The Labute approximate surface area is 137 Å². The maximum absolute atomic E-state index is 12.4. The molecule has 3 N–H and O–H groups in total. The first-order valence-corrected chi connectivity index (χ1v) is 8.81. The Morgan fingerprint density at radius 3 is 2.33 bits per heavy atom. The van der Waals surface area contributed by atoms with E-state index >= 15 is 0 Å². The molecule has 3 rings (SSSR count). The Kier molecular flexibility index (Phi) is 3.98. The van der Waals surface area contributed by atoms with Gasteiger partial charge in [-0.15, -0.1) is 0 Å². The zero-order valence-corrected chi connectivity index (χ0v) is 13.6. The number of aromatic nitrogens is 2. The van der Waals surface area contributed by atoms with E-state index in [1.807, 2.05) is 19.1 Å². The van der Waals surface area contributed by atoms with Gasteiger partial charge in [0.05, 0.1) is 22.2 Å². The molecule has 1 aromatic heterocycles. The van der Waals surface area contributed by atoms with E-state index in [1.165, 1.54) is 18.2 Å². The largest absolute Gasteiger partial charge is 0.282 e. The number of H-pyrrole nitrogens is 2. The zero-order chi connectivity index (χ0) is 17.3. The molecule has 0 bridgehead atoms. The lowest BCUT2D eigenvalue weighted by Gasteiger charge is -2.10. The predicted octanol–water partition coefficient (Wildman–Crippen LogP) is 1.47. The molecule has 124 valence electrons. The average Bonchev–Trinajstić information content (AvgIpc) is 2.53. The van der Waals surface area contributed by atoms with E-state index in [9.17, 15) is 18.0 Å². The normalized spacial score (nSPS) is 11.5. The summed E-state index contributed by atoms with van der Waals surface area (Å²) in [5.74, 6) is -0.231. The van der Waals surface area contributed by atoms with Crippen LogP contribution in [0.2, 0.25) is 0 Å². The molecule has 0 amide bonds. The fraction of sp³-hybridized carbons (Fsp3) is 0.125. The van der Waals surface area contributed by atoms with E-state index in [1.54, 1.807) is 12.1 Å². The smallest absolute Gasteiger partial charge is 0.272 e. The van der Waals surface area contributed by atoms with Crippen molar-refractivity contribution in [1.82, 2.24) is 10.2 Å². The van der Waals surface area contributed by atoms with Crippen molar-refractivity contribution in [2.75, 3.05) is 4.72 Å². The number of rotatable bonds is 4. The number of fused-ring (bicyclic) bond motifs is 1. The summed E-state index contributed by atoms with van der Waals surface area (Å²) in [4.78, 5) is 23.7. The standard InChI is InChI=1S/C16H15N3O4S/c1-10-5-7-11(8-6-10)9-24(22,23)19-13-4-2-3-12-14(13)16(21)18-17-15(12)20/h2-8,19H,9H2,1H3,(H,17,20)(H,18,21). The predicted molar refractivity (Wildman–Crippen MR) is 92.6 cm³/mol. The molecule has 7 nitrogen and oxygen atoms in total. The van der Waals surface area contributed by atoms with Gasteiger partial charge in [-0.1, -0.05) is 35.9 Å². The van der Waals surface area contributed by atoms with Crippen LogP contribution >= 0.6 is 0 Å². The van der Waals surface area contributed by atoms with E-state index in [2.05, 4.69) is 14.9 Å². The van der Waals surface area contributed by atoms with Gasteiger partial charge in [-0.2, -0.15) is 0 Å². The Morgan fingerprint density at radius 2 is 1.62 bits per heavy atom. The van der Waals surface area contributed by atoms with Crippen LogP contribution in [0.4, 0.5) is 5.69 Å². The van der Waals surface area contributed by atoms with Crippen LogP contribution in [-0.4, -0.2) is 18.6 Å². The number of anilines is 1. The number of hydrogen-bond acceptors (Lipinski definition) is 4. The number of aromatic amines is 2. The number of sulfonamides is 1. The third-order valence-corrected chi connectivity index (χ3v) is 4.81. The summed E-state index contributed by atoms with van der Waals surface area (Å²) in [6, 6.07) is 11.5. The monoisotopic (exact) mass is 345 g/mol. The summed E-state index contributed by atoms with van der Waals surface area (Å²) < 4.78 is 27.2. The molecule has 8 heteroatoms. The highest BCUT2D eigenvalue weighted by molar-refractivity contribution is 7.91. The third kappa shape index (κ3) is 3.23. The van der Waals surface area contributed by atoms with Crippen LogP contribution in [0.1, 0.15) is 11.1 Å². The lowest BCUT2D eigenvalue weighted by molar-refractivity contribution is 0.600. The number of benzene rings is 2. The van der Waals surface area contributed by atoms with Gasteiger partial charge in [-0.25, -0.2) is 8.42 Å². The van der Waals surface area contributed by atoms with Gasteiger partial charge in [0.25, 0.3) is 11.1 Å². The molecule has 3 aromatic rings. The molecule has 0 aliphatic carbocycles. The minimum Gasteiger partial charge on any atom is -0.282 e.